The fraction of sp³-hybridized carbons (Fsp3) is 0.148. The third-order valence-corrected chi connectivity index (χ3v) is 6.70. The third kappa shape index (κ3) is 4.47. The Kier molecular flexibility index (Phi) is 6.18. The lowest BCUT2D eigenvalue weighted by atomic mass is 10.1. The van der Waals surface area contributed by atoms with Gasteiger partial charge in [-0.05, 0) is 49.2 Å². The van der Waals surface area contributed by atoms with Crippen molar-refractivity contribution in [1.29, 1.82) is 0 Å². The molecule has 0 unspecified atom stereocenters. The molecule has 1 amide bonds. The standard InChI is InChI=1S/C27H24N4O2S/c1-18-10-12-20(13-11-18)31-26(33)22-7-3-5-9-24(22)30-27(31)34-17-25(32)28-15-14-19-16-29-23-8-4-2-6-21(19)23/h2-13,16,29H,14-15,17H2,1H3,(H,28,32). The summed E-state index contributed by atoms with van der Waals surface area (Å²) in [7, 11) is 0. The Morgan fingerprint density at radius 3 is 2.56 bits per heavy atom. The second kappa shape index (κ2) is 9.57. The second-order valence-electron chi connectivity index (χ2n) is 8.14. The molecule has 5 rings (SSSR count). The highest BCUT2D eigenvalue weighted by Crippen LogP contribution is 2.22. The van der Waals surface area contributed by atoms with E-state index < -0.39 is 0 Å². The number of amides is 1. The lowest BCUT2D eigenvalue weighted by molar-refractivity contribution is -0.118. The molecule has 0 bridgehead atoms. The molecule has 6 nitrogen and oxygen atoms in total. The van der Waals surface area contributed by atoms with Gasteiger partial charge in [0.2, 0.25) is 5.91 Å². The van der Waals surface area contributed by atoms with Crippen molar-refractivity contribution in [2.45, 2.75) is 18.5 Å². The average Bonchev–Trinajstić information content (AvgIpc) is 3.27. The number of aryl methyl sites for hydroxylation is 1. The summed E-state index contributed by atoms with van der Waals surface area (Å²) in [6.07, 6.45) is 2.73. The Bertz CT molecular complexity index is 1540. The largest absolute Gasteiger partial charge is 0.361 e. The number of thioether (sulfide) groups is 1. The Morgan fingerprint density at radius 1 is 1.00 bits per heavy atom. The van der Waals surface area contributed by atoms with Crippen molar-refractivity contribution in [2.24, 2.45) is 0 Å². The van der Waals surface area contributed by atoms with E-state index in [0.29, 0.717) is 22.6 Å². The highest BCUT2D eigenvalue weighted by Gasteiger charge is 2.15. The molecule has 0 atom stereocenters. The van der Waals surface area contributed by atoms with Crippen LogP contribution >= 0.6 is 11.8 Å². The SMILES string of the molecule is Cc1ccc(-n2c(SCC(=O)NCCc3c[nH]c4ccccc34)nc3ccccc3c2=O)cc1. The minimum absolute atomic E-state index is 0.0947. The van der Waals surface area contributed by atoms with Crippen molar-refractivity contribution in [1.82, 2.24) is 19.9 Å². The topological polar surface area (TPSA) is 79.8 Å². The van der Waals surface area contributed by atoms with Gasteiger partial charge in [0.05, 0.1) is 22.3 Å². The van der Waals surface area contributed by atoms with Gasteiger partial charge in [-0.1, -0.05) is 59.8 Å². The predicted octanol–water partition coefficient (Wildman–Crippen LogP) is 4.63. The van der Waals surface area contributed by atoms with Crippen molar-refractivity contribution >= 4 is 39.5 Å². The van der Waals surface area contributed by atoms with Gasteiger partial charge in [-0.25, -0.2) is 4.98 Å². The van der Waals surface area contributed by atoms with Crippen molar-refractivity contribution < 1.29 is 4.79 Å². The zero-order chi connectivity index (χ0) is 23.5. The van der Waals surface area contributed by atoms with E-state index in [4.69, 9.17) is 4.98 Å². The summed E-state index contributed by atoms with van der Waals surface area (Å²) in [5.41, 5.74) is 4.59. The molecule has 2 heterocycles. The number of rotatable bonds is 7. The molecule has 0 aliphatic rings. The Labute approximate surface area is 201 Å². The van der Waals surface area contributed by atoms with E-state index in [1.54, 1.807) is 10.6 Å². The van der Waals surface area contributed by atoms with Crippen LogP contribution in [0.25, 0.3) is 27.5 Å². The maximum Gasteiger partial charge on any atom is 0.266 e. The predicted molar refractivity (Wildman–Crippen MR) is 138 cm³/mol. The first-order chi connectivity index (χ1) is 16.6. The molecule has 0 saturated heterocycles. The van der Waals surface area contributed by atoms with Crippen LogP contribution in [0.3, 0.4) is 0 Å². The number of fused-ring (bicyclic) bond motifs is 2. The lowest BCUT2D eigenvalue weighted by Crippen LogP contribution is -2.28. The van der Waals surface area contributed by atoms with E-state index in [1.165, 1.54) is 22.7 Å². The minimum atomic E-state index is -0.142. The number of H-pyrrole nitrogens is 1. The van der Waals surface area contributed by atoms with Gasteiger partial charge in [-0.15, -0.1) is 0 Å². The summed E-state index contributed by atoms with van der Waals surface area (Å²) in [6, 6.07) is 23.1. The van der Waals surface area contributed by atoms with Crippen LogP contribution in [0.4, 0.5) is 0 Å². The summed E-state index contributed by atoms with van der Waals surface area (Å²) in [5, 5.41) is 5.21. The normalized spacial score (nSPS) is 11.2. The van der Waals surface area contributed by atoms with E-state index in [0.717, 1.165) is 23.2 Å². The molecule has 2 aromatic heterocycles. The number of aromatic nitrogens is 3. The van der Waals surface area contributed by atoms with Crippen molar-refractivity contribution in [3.05, 3.63) is 100 Å². The molecule has 0 aliphatic heterocycles. The van der Waals surface area contributed by atoms with E-state index >= 15 is 0 Å². The Hall–Kier alpha value is -3.84. The van der Waals surface area contributed by atoms with Gasteiger partial charge in [-0.3, -0.25) is 14.2 Å². The fourth-order valence-corrected chi connectivity index (χ4v) is 4.83. The summed E-state index contributed by atoms with van der Waals surface area (Å²) < 4.78 is 1.59. The molecule has 0 radical (unpaired) electrons. The number of nitrogens with one attached hydrogen (secondary N) is 2. The number of hydrogen-bond acceptors (Lipinski definition) is 4. The first-order valence-electron chi connectivity index (χ1n) is 11.1. The minimum Gasteiger partial charge on any atom is -0.361 e. The summed E-state index contributed by atoms with van der Waals surface area (Å²) in [5.74, 6) is 0.0764. The molecular weight excluding hydrogens is 444 g/mol. The molecule has 170 valence electrons. The molecule has 0 fully saturated rings. The molecule has 3 aromatic carbocycles. The van der Waals surface area contributed by atoms with Gasteiger partial charge in [0.15, 0.2) is 5.16 Å². The van der Waals surface area contributed by atoms with Crippen LogP contribution in [0.2, 0.25) is 0 Å². The van der Waals surface area contributed by atoms with Gasteiger partial charge in [-0.2, -0.15) is 0 Å². The van der Waals surface area contributed by atoms with Crippen LogP contribution in [0.5, 0.6) is 0 Å². The Balaban J connectivity index is 1.32. The number of nitrogens with zero attached hydrogens (tertiary/aromatic N) is 2. The first-order valence-corrected chi connectivity index (χ1v) is 12.1. The lowest BCUT2D eigenvalue weighted by Gasteiger charge is -2.13. The van der Waals surface area contributed by atoms with Gasteiger partial charge in [0.25, 0.3) is 5.56 Å². The maximum absolute atomic E-state index is 13.3. The number of aromatic amines is 1. The molecule has 2 N–H and O–H groups in total. The van der Waals surface area contributed by atoms with Crippen LogP contribution in [-0.2, 0) is 11.2 Å². The van der Waals surface area contributed by atoms with E-state index in [9.17, 15) is 9.59 Å². The highest BCUT2D eigenvalue weighted by atomic mass is 32.2. The average molecular weight is 469 g/mol. The van der Waals surface area contributed by atoms with Gasteiger partial charge in [0.1, 0.15) is 0 Å². The number of carbonyl (C=O) groups excluding carboxylic acids is 1. The molecule has 0 spiro atoms. The number of benzene rings is 3. The second-order valence-corrected chi connectivity index (χ2v) is 9.08. The van der Waals surface area contributed by atoms with Crippen LogP contribution in [-0.4, -0.2) is 32.7 Å². The third-order valence-electron chi connectivity index (χ3n) is 5.76. The maximum atomic E-state index is 13.3. The molecular formula is C27H24N4O2S. The van der Waals surface area contributed by atoms with E-state index in [-0.39, 0.29) is 17.2 Å². The number of carbonyl (C=O) groups is 1. The molecule has 7 heteroatoms. The molecule has 0 aliphatic carbocycles. The zero-order valence-electron chi connectivity index (χ0n) is 18.7. The van der Waals surface area contributed by atoms with E-state index in [1.807, 2.05) is 73.8 Å². The zero-order valence-corrected chi connectivity index (χ0v) is 19.6. The summed E-state index contributed by atoms with van der Waals surface area (Å²) in [6.45, 7) is 2.54. The van der Waals surface area contributed by atoms with Crippen LogP contribution in [0, 0.1) is 6.92 Å². The first kappa shape index (κ1) is 22.0. The van der Waals surface area contributed by atoms with Crippen LogP contribution in [0.15, 0.2) is 88.9 Å². The number of para-hydroxylation sites is 2. The van der Waals surface area contributed by atoms with Crippen LogP contribution < -0.4 is 10.9 Å². The van der Waals surface area contributed by atoms with Crippen molar-refractivity contribution in [3.63, 3.8) is 0 Å². The Morgan fingerprint density at radius 2 is 1.74 bits per heavy atom. The fourth-order valence-electron chi connectivity index (χ4n) is 3.99. The molecule has 0 saturated carbocycles. The monoisotopic (exact) mass is 468 g/mol. The van der Waals surface area contributed by atoms with Gasteiger partial charge in [0, 0.05) is 23.6 Å². The van der Waals surface area contributed by atoms with E-state index in [2.05, 4.69) is 16.4 Å². The van der Waals surface area contributed by atoms with Gasteiger partial charge < -0.3 is 10.3 Å². The van der Waals surface area contributed by atoms with Crippen molar-refractivity contribution in [3.8, 4) is 5.69 Å². The number of hydrogen-bond donors (Lipinski definition) is 2. The highest BCUT2D eigenvalue weighted by molar-refractivity contribution is 7.99. The van der Waals surface area contributed by atoms with Gasteiger partial charge >= 0.3 is 0 Å². The van der Waals surface area contributed by atoms with Crippen molar-refractivity contribution in [2.75, 3.05) is 12.3 Å². The molecule has 34 heavy (non-hydrogen) atoms. The summed E-state index contributed by atoms with van der Waals surface area (Å²) in [4.78, 5) is 33.9. The smallest absolute Gasteiger partial charge is 0.266 e. The molecule has 5 aromatic rings. The van der Waals surface area contributed by atoms with Crippen LogP contribution in [0.1, 0.15) is 11.1 Å². The summed E-state index contributed by atoms with van der Waals surface area (Å²) >= 11 is 1.27. The quantitative estimate of drug-likeness (QED) is 0.270.